The molecule has 0 saturated carbocycles. The Morgan fingerprint density at radius 3 is 2.00 bits per heavy atom. The molecule has 2 aromatic carbocycles. The number of carbonyl (C=O) groups is 1. The van der Waals surface area contributed by atoms with Crippen LogP contribution in [0.3, 0.4) is 0 Å². The zero-order chi connectivity index (χ0) is 12.4. The number of hydrogen-bond acceptors (Lipinski definition) is 1. The summed E-state index contributed by atoms with van der Waals surface area (Å²) in [5.41, 5.74) is 2.40. The van der Waals surface area contributed by atoms with Gasteiger partial charge in [-0.2, -0.15) is 0 Å². The molecule has 2 nitrogen and oxygen atoms in total. The first-order chi connectivity index (χ1) is 8.84. The Labute approximate surface area is 107 Å². The van der Waals surface area contributed by atoms with E-state index in [0.29, 0.717) is 6.42 Å². The first-order valence-corrected chi connectivity index (χ1v) is 6.24. The molecule has 90 valence electrons. The van der Waals surface area contributed by atoms with E-state index in [1.165, 1.54) is 11.1 Å². The number of hydrogen-bond donors (Lipinski definition) is 1. The minimum Gasteiger partial charge on any atom is -0.349 e. The van der Waals surface area contributed by atoms with Gasteiger partial charge in [-0.05, 0) is 11.1 Å². The van der Waals surface area contributed by atoms with Gasteiger partial charge in [0, 0.05) is 12.3 Å². The molecule has 0 radical (unpaired) electrons. The summed E-state index contributed by atoms with van der Waals surface area (Å²) in [6.07, 6.45) is 0.573. The van der Waals surface area contributed by atoms with Crippen molar-refractivity contribution in [1.82, 2.24) is 5.32 Å². The van der Waals surface area contributed by atoms with Crippen LogP contribution in [0, 0.1) is 0 Å². The van der Waals surface area contributed by atoms with E-state index >= 15 is 0 Å². The summed E-state index contributed by atoms with van der Waals surface area (Å²) in [4.78, 5) is 11.7. The van der Waals surface area contributed by atoms with Crippen molar-refractivity contribution in [2.75, 3.05) is 0 Å². The topological polar surface area (TPSA) is 29.1 Å². The van der Waals surface area contributed by atoms with Gasteiger partial charge < -0.3 is 5.32 Å². The zero-order valence-electron chi connectivity index (χ0n) is 10.0. The van der Waals surface area contributed by atoms with Crippen LogP contribution in [-0.4, -0.2) is 5.91 Å². The minimum atomic E-state index is 0.0982. The molecule has 1 N–H and O–H groups in total. The van der Waals surface area contributed by atoms with E-state index in [4.69, 9.17) is 0 Å². The summed E-state index contributed by atoms with van der Waals surface area (Å²) in [5, 5.41) is 3.08. The molecule has 3 rings (SSSR count). The number of nitrogens with one attached hydrogen (secondary N) is 1. The molecule has 0 aliphatic carbocycles. The van der Waals surface area contributed by atoms with E-state index in [1.54, 1.807) is 0 Å². The van der Waals surface area contributed by atoms with Gasteiger partial charge >= 0.3 is 0 Å². The van der Waals surface area contributed by atoms with Crippen LogP contribution in [0.15, 0.2) is 60.7 Å². The summed E-state index contributed by atoms with van der Waals surface area (Å²) in [6, 6.07) is 20.5. The molecule has 1 amide bonds. The average molecular weight is 237 g/mol. The summed E-state index contributed by atoms with van der Waals surface area (Å²) in [5.74, 6) is 0.374. The van der Waals surface area contributed by atoms with E-state index in [0.717, 1.165) is 0 Å². The largest absolute Gasteiger partial charge is 0.349 e. The van der Waals surface area contributed by atoms with Gasteiger partial charge in [-0.1, -0.05) is 60.7 Å². The summed E-state index contributed by atoms with van der Waals surface area (Å²) in [6.45, 7) is 0. The summed E-state index contributed by atoms with van der Waals surface area (Å²) >= 11 is 0. The van der Waals surface area contributed by atoms with Crippen LogP contribution < -0.4 is 5.32 Å². The minimum absolute atomic E-state index is 0.0982. The highest BCUT2D eigenvalue weighted by Gasteiger charge is 2.34. The van der Waals surface area contributed by atoms with Crippen LogP contribution in [0.4, 0.5) is 0 Å². The second kappa shape index (κ2) is 4.65. The Morgan fingerprint density at radius 1 is 0.833 bits per heavy atom. The molecule has 0 unspecified atom stereocenters. The van der Waals surface area contributed by atoms with Crippen molar-refractivity contribution in [3.63, 3.8) is 0 Å². The Bertz CT molecular complexity index is 486. The van der Waals surface area contributed by atoms with Gasteiger partial charge in [0.15, 0.2) is 0 Å². The lowest BCUT2D eigenvalue weighted by Gasteiger charge is -2.19. The van der Waals surface area contributed by atoms with E-state index in [1.807, 2.05) is 36.4 Å². The van der Waals surface area contributed by atoms with Crippen LogP contribution >= 0.6 is 0 Å². The normalized spacial score (nSPS) is 22.8. The van der Waals surface area contributed by atoms with Crippen LogP contribution in [0.25, 0.3) is 0 Å². The maximum absolute atomic E-state index is 11.7. The van der Waals surface area contributed by atoms with Crippen molar-refractivity contribution in [2.24, 2.45) is 0 Å². The van der Waals surface area contributed by atoms with Crippen molar-refractivity contribution in [2.45, 2.75) is 18.4 Å². The molecule has 0 aromatic heterocycles. The van der Waals surface area contributed by atoms with E-state index in [9.17, 15) is 4.79 Å². The van der Waals surface area contributed by atoms with Crippen molar-refractivity contribution in [3.8, 4) is 0 Å². The molecule has 18 heavy (non-hydrogen) atoms. The number of rotatable bonds is 2. The Morgan fingerprint density at radius 2 is 1.39 bits per heavy atom. The Hall–Kier alpha value is -2.09. The molecule has 1 saturated heterocycles. The first-order valence-electron chi connectivity index (χ1n) is 6.24. The SMILES string of the molecule is O=C1C[C@@H](c2ccccc2)[C@H](c2ccccc2)N1. The van der Waals surface area contributed by atoms with Crippen molar-refractivity contribution in [3.05, 3.63) is 71.8 Å². The third-order valence-corrected chi connectivity index (χ3v) is 3.51. The Balaban J connectivity index is 1.96. The van der Waals surface area contributed by atoms with Crippen LogP contribution in [0.2, 0.25) is 0 Å². The smallest absolute Gasteiger partial charge is 0.221 e. The quantitative estimate of drug-likeness (QED) is 0.854. The van der Waals surface area contributed by atoms with E-state index in [-0.39, 0.29) is 17.9 Å². The maximum atomic E-state index is 11.7. The number of carbonyl (C=O) groups excluding carboxylic acids is 1. The number of benzene rings is 2. The second-order valence-electron chi connectivity index (χ2n) is 4.68. The second-order valence-corrected chi connectivity index (χ2v) is 4.68. The highest BCUT2D eigenvalue weighted by Crippen LogP contribution is 2.37. The highest BCUT2D eigenvalue weighted by molar-refractivity contribution is 5.80. The predicted octanol–water partition coefficient (Wildman–Crippen LogP) is 3.03. The molecule has 2 heteroatoms. The fourth-order valence-electron chi connectivity index (χ4n) is 2.64. The molecule has 0 bridgehead atoms. The molecule has 2 atom stereocenters. The highest BCUT2D eigenvalue weighted by atomic mass is 16.2. The van der Waals surface area contributed by atoms with Gasteiger partial charge in [0.2, 0.25) is 5.91 Å². The molecular weight excluding hydrogens is 222 g/mol. The monoisotopic (exact) mass is 237 g/mol. The average Bonchev–Trinajstić information content (AvgIpc) is 2.83. The summed E-state index contributed by atoms with van der Waals surface area (Å²) in [7, 11) is 0. The van der Waals surface area contributed by atoms with Crippen molar-refractivity contribution >= 4 is 5.91 Å². The van der Waals surface area contributed by atoms with Crippen molar-refractivity contribution < 1.29 is 4.79 Å². The van der Waals surface area contributed by atoms with Gasteiger partial charge in [-0.25, -0.2) is 0 Å². The first kappa shape index (κ1) is 11.0. The van der Waals surface area contributed by atoms with Gasteiger partial charge in [-0.3, -0.25) is 4.79 Å². The lowest BCUT2D eigenvalue weighted by atomic mass is 9.88. The van der Waals surface area contributed by atoms with Gasteiger partial charge in [0.1, 0.15) is 0 Å². The van der Waals surface area contributed by atoms with Gasteiger partial charge in [-0.15, -0.1) is 0 Å². The number of amides is 1. The predicted molar refractivity (Wildman–Crippen MR) is 71.1 cm³/mol. The van der Waals surface area contributed by atoms with Crippen LogP contribution in [0.5, 0.6) is 0 Å². The third kappa shape index (κ3) is 2.02. The molecule has 1 fully saturated rings. The fraction of sp³-hybridized carbons (Fsp3) is 0.188. The van der Waals surface area contributed by atoms with Gasteiger partial charge in [0.25, 0.3) is 0 Å². The molecular formula is C16H15NO. The molecule has 1 aliphatic rings. The van der Waals surface area contributed by atoms with E-state index in [2.05, 4.69) is 29.6 Å². The van der Waals surface area contributed by atoms with E-state index < -0.39 is 0 Å². The Kier molecular flexibility index (Phi) is 2.85. The fourth-order valence-corrected chi connectivity index (χ4v) is 2.64. The third-order valence-electron chi connectivity index (χ3n) is 3.51. The lowest BCUT2D eigenvalue weighted by Crippen LogP contribution is -2.20. The molecule has 1 heterocycles. The maximum Gasteiger partial charge on any atom is 0.221 e. The van der Waals surface area contributed by atoms with Crippen LogP contribution in [0.1, 0.15) is 29.5 Å². The van der Waals surface area contributed by atoms with Gasteiger partial charge in [0.05, 0.1) is 6.04 Å². The molecule has 0 spiro atoms. The summed E-state index contributed by atoms with van der Waals surface area (Å²) < 4.78 is 0. The standard InChI is InChI=1S/C16H15NO/c18-15-11-14(12-7-3-1-4-8-12)16(17-15)13-9-5-2-6-10-13/h1-10,14,16H,11H2,(H,17,18)/t14-,16-/m0/s1. The lowest BCUT2D eigenvalue weighted by molar-refractivity contribution is -0.119. The molecule has 1 aliphatic heterocycles. The van der Waals surface area contributed by atoms with Crippen molar-refractivity contribution in [1.29, 1.82) is 0 Å². The zero-order valence-corrected chi connectivity index (χ0v) is 10.0. The van der Waals surface area contributed by atoms with Crippen LogP contribution in [-0.2, 0) is 4.79 Å². The molecule has 2 aromatic rings.